The third-order valence-corrected chi connectivity index (χ3v) is 3.12. The molecule has 0 fully saturated rings. The lowest BCUT2D eigenvalue weighted by Crippen LogP contribution is -2.16. The molecule has 1 aliphatic heterocycles. The molecular weight excluding hydrogens is 182 g/mol. The molecule has 0 saturated heterocycles. The first-order valence-electron chi connectivity index (χ1n) is 6.86. The van der Waals surface area contributed by atoms with Crippen molar-refractivity contribution < 1.29 is 0 Å². The predicted octanol–water partition coefficient (Wildman–Crippen LogP) is 4.05. The first-order chi connectivity index (χ1) is 7.50. The zero-order valence-electron chi connectivity index (χ0n) is 10.1. The van der Waals surface area contributed by atoms with Crippen molar-refractivity contribution in [3.63, 3.8) is 0 Å². The van der Waals surface area contributed by atoms with Gasteiger partial charge in [-0.25, -0.2) is 0 Å². The van der Waals surface area contributed by atoms with Gasteiger partial charge < -0.3 is 5.32 Å². The van der Waals surface area contributed by atoms with Crippen LogP contribution in [-0.2, 0) is 0 Å². The summed E-state index contributed by atoms with van der Waals surface area (Å²) in [7, 11) is 0. The minimum atomic E-state index is 1.22. The van der Waals surface area contributed by atoms with Crippen molar-refractivity contribution in [2.24, 2.45) is 0 Å². The minimum Gasteiger partial charge on any atom is -0.317 e. The largest absolute Gasteiger partial charge is 0.317 e. The Balaban J connectivity index is 2.08. The summed E-state index contributed by atoms with van der Waals surface area (Å²) in [6.07, 6.45) is 18.5. The molecule has 0 amide bonds. The summed E-state index contributed by atoms with van der Waals surface area (Å²) in [6.45, 7) is 2.45. The number of hydrogen-bond donors (Lipinski definition) is 1. The maximum absolute atomic E-state index is 3.53. The zero-order valence-corrected chi connectivity index (χ0v) is 10.1. The molecule has 0 aromatic rings. The van der Waals surface area contributed by atoms with Gasteiger partial charge in [-0.05, 0) is 51.6 Å². The van der Waals surface area contributed by atoms with Gasteiger partial charge in [0, 0.05) is 0 Å². The Bertz CT molecular complexity index is 135. The molecule has 1 heteroatoms. The van der Waals surface area contributed by atoms with E-state index in [4.69, 9.17) is 0 Å². The fraction of sp³-hybridized carbons (Fsp3) is 0.857. The summed E-state index contributed by atoms with van der Waals surface area (Å²) in [6, 6.07) is 0. The van der Waals surface area contributed by atoms with Crippen LogP contribution in [0, 0.1) is 0 Å². The van der Waals surface area contributed by atoms with E-state index in [2.05, 4.69) is 17.5 Å². The third kappa shape index (κ3) is 8.68. The summed E-state index contributed by atoms with van der Waals surface area (Å²) in [5, 5.41) is 3.53. The van der Waals surface area contributed by atoms with Gasteiger partial charge in [-0.3, -0.25) is 0 Å². The van der Waals surface area contributed by atoms with Gasteiger partial charge >= 0.3 is 0 Å². The number of hydrogen-bond acceptors (Lipinski definition) is 1. The molecule has 0 bridgehead atoms. The molecule has 0 aromatic heterocycles. The second-order valence-corrected chi connectivity index (χ2v) is 4.63. The third-order valence-electron chi connectivity index (χ3n) is 3.12. The molecule has 1 N–H and O–H groups in total. The van der Waals surface area contributed by atoms with Crippen LogP contribution in [0.1, 0.15) is 64.2 Å². The summed E-state index contributed by atoms with van der Waals surface area (Å²) < 4.78 is 0. The molecule has 0 spiro atoms. The highest BCUT2D eigenvalue weighted by atomic mass is 14.8. The summed E-state index contributed by atoms with van der Waals surface area (Å²) in [5.74, 6) is 0. The van der Waals surface area contributed by atoms with Crippen LogP contribution in [0.25, 0.3) is 0 Å². The second kappa shape index (κ2) is 10.2. The van der Waals surface area contributed by atoms with E-state index in [9.17, 15) is 0 Å². The van der Waals surface area contributed by atoms with E-state index in [0.29, 0.717) is 0 Å². The Morgan fingerprint density at radius 3 is 1.73 bits per heavy atom. The molecule has 1 rings (SSSR count). The van der Waals surface area contributed by atoms with E-state index >= 15 is 0 Å². The fourth-order valence-electron chi connectivity index (χ4n) is 2.09. The topological polar surface area (TPSA) is 12.0 Å². The van der Waals surface area contributed by atoms with Crippen LogP contribution < -0.4 is 5.32 Å². The van der Waals surface area contributed by atoms with Crippen molar-refractivity contribution in [1.82, 2.24) is 5.32 Å². The van der Waals surface area contributed by atoms with Crippen LogP contribution >= 0.6 is 0 Å². The lowest BCUT2D eigenvalue weighted by Gasteiger charge is -2.03. The van der Waals surface area contributed by atoms with Gasteiger partial charge in [0.05, 0.1) is 0 Å². The normalized spacial score (nSPS) is 25.1. The van der Waals surface area contributed by atoms with Gasteiger partial charge in [-0.1, -0.05) is 37.8 Å². The lowest BCUT2D eigenvalue weighted by atomic mass is 10.1. The molecule has 0 unspecified atom stereocenters. The fourth-order valence-corrected chi connectivity index (χ4v) is 2.09. The van der Waals surface area contributed by atoms with Gasteiger partial charge in [0.25, 0.3) is 0 Å². The monoisotopic (exact) mass is 209 g/mol. The van der Waals surface area contributed by atoms with Crippen LogP contribution in [0.5, 0.6) is 0 Å². The SMILES string of the molecule is C1=C/CCCCNCCCCCCCC/1. The predicted molar refractivity (Wildman–Crippen MR) is 68.2 cm³/mol. The average molecular weight is 209 g/mol. The molecule has 15 heavy (non-hydrogen) atoms. The first kappa shape index (κ1) is 12.8. The van der Waals surface area contributed by atoms with E-state index in [1.807, 2.05) is 0 Å². The molecule has 88 valence electrons. The lowest BCUT2D eigenvalue weighted by molar-refractivity contribution is 0.558. The Morgan fingerprint density at radius 2 is 1.00 bits per heavy atom. The molecule has 1 heterocycles. The Morgan fingerprint density at radius 1 is 0.533 bits per heavy atom. The maximum Gasteiger partial charge on any atom is -0.00488 e. The zero-order chi connectivity index (χ0) is 10.6. The van der Waals surface area contributed by atoms with Crippen LogP contribution in [-0.4, -0.2) is 13.1 Å². The average Bonchev–Trinajstić information content (AvgIpc) is 2.27. The minimum absolute atomic E-state index is 1.22. The molecule has 1 nitrogen and oxygen atoms in total. The Kier molecular flexibility index (Phi) is 8.70. The highest BCUT2D eigenvalue weighted by Crippen LogP contribution is 2.08. The van der Waals surface area contributed by atoms with Crippen molar-refractivity contribution in [3.05, 3.63) is 12.2 Å². The molecule has 0 saturated carbocycles. The van der Waals surface area contributed by atoms with E-state index in [-0.39, 0.29) is 0 Å². The summed E-state index contributed by atoms with van der Waals surface area (Å²) in [5.41, 5.74) is 0. The highest BCUT2D eigenvalue weighted by molar-refractivity contribution is 4.81. The van der Waals surface area contributed by atoms with E-state index in [0.717, 1.165) is 0 Å². The summed E-state index contributed by atoms with van der Waals surface area (Å²) in [4.78, 5) is 0. The Labute approximate surface area is 95.3 Å². The van der Waals surface area contributed by atoms with Crippen LogP contribution in [0.2, 0.25) is 0 Å². The van der Waals surface area contributed by atoms with Gasteiger partial charge in [-0.15, -0.1) is 0 Å². The van der Waals surface area contributed by atoms with Gasteiger partial charge in [0.1, 0.15) is 0 Å². The number of rotatable bonds is 0. The van der Waals surface area contributed by atoms with E-state index in [1.165, 1.54) is 77.3 Å². The van der Waals surface area contributed by atoms with Gasteiger partial charge in [-0.2, -0.15) is 0 Å². The number of allylic oxidation sites excluding steroid dienone is 2. The highest BCUT2D eigenvalue weighted by Gasteiger charge is 1.93. The standard InChI is InChI=1S/C14H27N/c1-2-4-6-8-10-12-14-15-13-11-9-7-5-3-1/h3,5,15H,1-2,4,6-14H2/b5-3+. The van der Waals surface area contributed by atoms with Crippen molar-refractivity contribution in [3.8, 4) is 0 Å². The van der Waals surface area contributed by atoms with Crippen molar-refractivity contribution in [1.29, 1.82) is 0 Å². The smallest absolute Gasteiger partial charge is 0.00488 e. The summed E-state index contributed by atoms with van der Waals surface area (Å²) >= 11 is 0. The van der Waals surface area contributed by atoms with Crippen molar-refractivity contribution in [2.45, 2.75) is 64.2 Å². The van der Waals surface area contributed by atoms with Gasteiger partial charge in [0.15, 0.2) is 0 Å². The molecule has 0 aromatic carbocycles. The van der Waals surface area contributed by atoms with Gasteiger partial charge in [0.2, 0.25) is 0 Å². The second-order valence-electron chi connectivity index (χ2n) is 4.63. The molecule has 0 aliphatic carbocycles. The number of nitrogens with one attached hydrogen (secondary N) is 1. The van der Waals surface area contributed by atoms with E-state index < -0.39 is 0 Å². The first-order valence-corrected chi connectivity index (χ1v) is 6.86. The van der Waals surface area contributed by atoms with Crippen LogP contribution in [0.15, 0.2) is 12.2 Å². The molecular formula is C14H27N. The molecule has 0 radical (unpaired) electrons. The van der Waals surface area contributed by atoms with Crippen molar-refractivity contribution in [2.75, 3.05) is 13.1 Å². The maximum atomic E-state index is 3.53. The molecule has 0 atom stereocenters. The Hall–Kier alpha value is -0.300. The quantitative estimate of drug-likeness (QED) is 0.594. The van der Waals surface area contributed by atoms with Crippen molar-refractivity contribution >= 4 is 0 Å². The van der Waals surface area contributed by atoms with E-state index in [1.54, 1.807) is 0 Å². The van der Waals surface area contributed by atoms with Crippen LogP contribution in [0.4, 0.5) is 0 Å². The van der Waals surface area contributed by atoms with Crippen LogP contribution in [0.3, 0.4) is 0 Å². The molecule has 1 aliphatic rings.